The van der Waals surface area contributed by atoms with Crippen LogP contribution in [-0.4, -0.2) is 35.8 Å². The second-order valence-electron chi connectivity index (χ2n) is 5.74. The minimum Gasteiger partial charge on any atom is -0.303 e. The Morgan fingerprint density at radius 2 is 1.83 bits per heavy atom. The highest BCUT2D eigenvalue weighted by Crippen LogP contribution is 2.27. The molecule has 4 heteroatoms. The lowest BCUT2D eigenvalue weighted by atomic mass is 9.84. The van der Waals surface area contributed by atoms with Gasteiger partial charge in [0.1, 0.15) is 0 Å². The van der Waals surface area contributed by atoms with E-state index in [0.29, 0.717) is 24.8 Å². The van der Waals surface area contributed by atoms with E-state index in [9.17, 15) is 9.59 Å². The molecule has 2 amide bonds. The van der Waals surface area contributed by atoms with Crippen molar-refractivity contribution in [1.82, 2.24) is 10.2 Å². The van der Waals surface area contributed by atoms with Crippen LogP contribution in [0, 0.1) is 5.92 Å². The van der Waals surface area contributed by atoms with Crippen LogP contribution in [0.25, 0.3) is 0 Å². The van der Waals surface area contributed by atoms with Gasteiger partial charge in [0.05, 0.1) is 6.04 Å². The lowest BCUT2D eigenvalue weighted by Crippen LogP contribution is -2.54. The maximum atomic E-state index is 12.0. The van der Waals surface area contributed by atoms with Crippen molar-refractivity contribution in [3.8, 4) is 0 Å². The van der Waals surface area contributed by atoms with Crippen LogP contribution in [0.15, 0.2) is 0 Å². The molecule has 1 aliphatic carbocycles. The van der Waals surface area contributed by atoms with E-state index in [2.05, 4.69) is 12.2 Å². The molecule has 1 saturated carbocycles. The monoisotopic (exact) mass is 252 g/mol. The fourth-order valence-electron chi connectivity index (χ4n) is 3.16. The molecule has 0 aromatic heterocycles. The van der Waals surface area contributed by atoms with E-state index in [0.717, 1.165) is 0 Å². The zero-order chi connectivity index (χ0) is 13.1. The molecule has 2 fully saturated rings. The Balaban J connectivity index is 1.88. The third-order valence-electron chi connectivity index (χ3n) is 4.47. The van der Waals surface area contributed by atoms with Gasteiger partial charge in [-0.1, -0.05) is 19.3 Å². The number of hydrogen-bond donors (Lipinski definition) is 1. The number of likely N-dealkylation sites (tertiary alicyclic amines) is 1. The van der Waals surface area contributed by atoms with Crippen LogP contribution in [-0.2, 0) is 9.59 Å². The number of rotatable bonds is 3. The van der Waals surface area contributed by atoms with Crippen molar-refractivity contribution in [1.29, 1.82) is 0 Å². The fraction of sp³-hybridized carbons (Fsp3) is 0.857. The van der Waals surface area contributed by atoms with E-state index in [1.807, 2.05) is 0 Å². The van der Waals surface area contributed by atoms with Crippen LogP contribution >= 0.6 is 0 Å². The third kappa shape index (κ3) is 2.91. The minimum atomic E-state index is -0.162. The fourth-order valence-corrected chi connectivity index (χ4v) is 3.16. The van der Waals surface area contributed by atoms with Gasteiger partial charge in [0.15, 0.2) is 0 Å². The molecule has 0 radical (unpaired) electrons. The van der Waals surface area contributed by atoms with Gasteiger partial charge in [-0.15, -0.1) is 0 Å². The van der Waals surface area contributed by atoms with Crippen LogP contribution in [0.5, 0.6) is 0 Å². The molecular formula is C14H24N2O2. The highest BCUT2D eigenvalue weighted by molar-refractivity contribution is 6.00. The Hall–Kier alpha value is -0.900. The average Bonchev–Trinajstić information content (AvgIpc) is 2.40. The lowest BCUT2D eigenvalue weighted by Gasteiger charge is -2.34. The summed E-state index contributed by atoms with van der Waals surface area (Å²) in [5, 5.41) is 3.45. The van der Waals surface area contributed by atoms with Gasteiger partial charge in [0.2, 0.25) is 11.8 Å². The number of carbonyl (C=O) groups is 2. The topological polar surface area (TPSA) is 49.4 Å². The van der Waals surface area contributed by atoms with Crippen molar-refractivity contribution in [3.63, 3.8) is 0 Å². The maximum absolute atomic E-state index is 12.0. The van der Waals surface area contributed by atoms with Crippen molar-refractivity contribution in [2.45, 2.75) is 64.0 Å². The SMILES string of the molecule is CC(NC1CCC(=O)N(C)C1=O)C1CCCCC1. The van der Waals surface area contributed by atoms with Crippen LogP contribution < -0.4 is 5.32 Å². The van der Waals surface area contributed by atoms with Crippen LogP contribution in [0.3, 0.4) is 0 Å². The molecule has 2 atom stereocenters. The standard InChI is InChI=1S/C14H24N2O2/c1-10(11-6-4-3-5-7-11)15-12-8-9-13(17)16(2)14(12)18/h10-12,15H,3-9H2,1-2H3. The molecule has 1 N–H and O–H groups in total. The summed E-state index contributed by atoms with van der Waals surface area (Å²) in [7, 11) is 1.59. The number of piperidine rings is 1. The Morgan fingerprint density at radius 1 is 1.17 bits per heavy atom. The molecule has 0 bridgehead atoms. The van der Waals surface area contributed by atoms with Crippen LogP contribution in [0.4, 0.5) is 0 Å². The molecular weight excluding hydrogens is 228 g/mol. The first-order chi connectivity index (χ1) is 8.59. The Morgan fingerprint density at radius 3 is 2.50 bits per heavy atom. The Kier molecular flexibility index (Phi) is 4.38. The molecule has 1 heterocycles. The van der Waals surface area contributed by atoms with Crippen molar-refractivity contribution in [2.24, 2.45) is 5.92 Å². The van der Waals surface area contributed by atoms with Gasteiger partial charge < -0.3 is 5.32 Å². The molecule has 0 spiro atoms. The number of carbonyl (C=O) groups excluding carboxylic acids is 2. The second kappa shape index (κ2) is 5.83. The van der Waals surface area contributed by atoms with E-state index in [4.69, 9.17) is 0 Å². The first-order valence-corrected chi connectivity index (χ1v) is 7.16. The number of hydrogen-bond acceptors (Lipinski definition) is 3. The maximum Gasteiger partial charge on any atom is 0.246 e. The van der Waals surface area contributed by atoms with Crippen molar-refractivity contribution >= 4 is 11.8 Å². The largest absolute Gasteiger partial charge is 0.303 e. The first kappa shape index (κ1) is 13.5. The number of imide groups is 1. The quantitative estimate of drug-likeness (QED) is 0.778. The van der Waals surface area contributed by atoms with Gasteiger partial charge in [-0.25, -0.2) is 0 Å². The zero-order valence-corrected chi connectivity index (χ0v) is 11.4. The molecule has 0 aromatic carbocycles. The van der Waals surface area contributed by atoms with Crippen LogP contribution in [0.1, 0.15) is 51.9 Å². The molecule has 2 aliphatic rings. The molecule has 1 aliphatic heterocycles. The summed E-state index contributed by atoms with van der Waals surface area (Å²) in [5.74, 6) is 0.576. The molecule has 2 rings (SSSR count). The molecule has 18 heavy (non-hydrogen) atoms. The summed E-state index contributed by atoms with van der Waals surface area (Å²) in [6, 6.07) is 0.213. The Labute approximate surface area is 109 Å². The van der Waals surface area contributed by atoms with Crippen molar-refractivity contribution < 1.29 is 9.59 Å². The van der Waals surface area contributed by atoms with E-state index in [-0.39, 0.29) is 17.9 Å². The van der Waals surface area contributed by atoms with Crippen molar-refractivity contribution in [3.05, 3.63) is 0 Å². The van der Waals surface area contributed by atoms with E-state index < -0.39 is 0 Å². The smallest absolute Gasteiger partial charge is 0.246 e. The van der Waals surface area contributed by atoms with Gasteiger partial charge >= 0.3 is 0 Å². The third-order valence-corrected chi connectivity index (χ3v) is 4.47. The highest BCUT2D eigenvalue weighted by atomic mass is 16.2. The number of amides is 2. The van der Waals surface area contributed by atoms with Gasteiger partial charge in [0, 0.05) is 19.5 Å². The summed E-state index contributed by atoms with van der Waals surface area (Å²) in [6.45, 7) is 2.18. The van der Waals surface area contributed by atoms with E-state index >= 15 is 0 Å². The number of nitrogens with zero attached hydrogens (tertiary/aromatic N) is 1. The molecule has 0 aromatic rings. The van der Waals surface area contributed by atoms with Gasteiger partial charge in [-0.3, -0.25) is 14.5 Å². The zero-order valence-electron chi connectivity index (χ0n) is 11.4. The van der Waals surface area contributed by atoms with E-state index in [1.54, 1.807) is 7.05 Å². The molecule has 4 nitrogen and oxygen atoms in total. The second-order valence-corrected chi connectivity index (χ2v) is 5.74. The summed E-state index contributed by atoms with van der Waals surface area (Å²) < 4.78 is 0. The van der Waals surface area contributed by atoms with Gasteiger partial charge in [-0.05, 0) is 32.1 Å². The summed E-state index contributed by atoms with van der Waals surface area (Å²) in [6.07, 6.45) is 7.65. The minimum absolute atomic E-state index is 0.0524. The van der Waals surface area contributed by atoms with Gasteiger partial charge in [0.25, 0.3) is 0 Å². The summed E-state index contributed by atoms with van der Waals surface area (Å²) >= 11 is 0. The summed E-state index contributed by atoms with van der Waals surface area (Å²) in [4.78, 5) is 24.7. The van der Waals surface area contributed by atoms with E-state index in [1.165, 1.54) is 37.0 Å². The van der Waals surface area contributed by atoms with Crippen LogP contribution in [0.2, 0.25) is 0 Å². The molecule has 2 unspecified atom stereocenters. The first-order valence-electron chi connectivity index (χ1n) is 7.16. The van der Waals surface area contributed by atoms with Crippen molar-refractivity contribution in [2.75, 3.05) is 7.05 Å². The number of nitrogens with one attached hydrogen (secondary N) is 1. The number of likely N-dealkylation sites (N-methyl/N-ethyl adjacent to an activating group) is 1. The van der Waals surface area contributed by atoms with Gasteiger partial charge in [-0.2, -0.15) is 0 Å². The summed E-state index contributed by atoms with van der Waals surface area (Å²) in [5.41, 5.74) is 0. The predicted octanol–water partition coefficient (Wildman–Crippen LogP) is 1.69. The predicted molar refractivity (Wildman–Crippen MR) is 70.0 cm³/mol. The molecule has 1 saturated heterocycles. The molecule has 102 valence electrons. The highest BCUT2D eigenvalue weighted by Gasteiger charge is 2.33. The lowest BCUT2D eigenvalue weighted by molar-refractivity contribution is -0.148. The normalized spacial score (nSPS) is 28.6. The Bertz CT molecular complexity index is 324. The average molecular weight is 252 g/mol.